The molecule has 0 aliphatic carbocycles. The largest absolute Gasteiger partial charge is 0.381 e. The lowest BCUT2D eigenvalue weighted by Gasteiger charge is -2.26. The van der Waals surface area contributed by atoms with E-state index >= 15 is 4.39 Å². The van der Waals surface area contributed by atoms with Gasteiger partial charge >= 0.3 is 0 Å². The molecule has 10 nitrogen and oxygen atoms in total. The van der Waals surface area contributed by atoms with Crippen molar-refractivity contribution in [2.24, 2.45) is 5.92 Å². The predicted octanol–water partition coefficient (Wildman–Crippen LogP) is 7.11. The summed E-state index contributed by atoms with van der Waals surface area (Å²) in [4.78, 5) is 34.3. The molecule has 2 amide bonds. The lowest BCUT2D eigenvalue weighted by atomic mass is 10.00. The van der Waals surface area contributed by atoms with E-state index < -0.39 is 0 Å². The molecule has 3 N–H and O–H groups in total. The summed E-state index contributed by atoms with van der Waals surface area (Å²) in [5.41, 5.74) is 7.59. The second-order valence-corrected chi connectivity index (χ2v) is 14.6. The highest BCUT2D eigenvalue weighted by Crippen LogP contribution is 2.32. The van der Waals surface area contributed by atoms with E-state index in [-0.39, 0.29) is 36.8 Å². The number of carbonyl (C=O) groups is 2. The standard InChI is InChI=1S/C43H50FN7O3/c1-4-39-36(40(48-34-15-18-54-19-16-34)37-25-47-51(5-2)41(37)49-39)24-46-43(53)33-11-7-10-32(22-33)42(52)45-23-29-12-13-38(44)35(21-29)31-9-6-8-30(20-31)27-50-17-14-28(3)26-50/h6-13,20-22,25,28,34H,4-5,14-19,23-24,26-27H2,1-3H3,(H,45,52)(H,46,53)(H,48,49)/t28-/m0/s1. The quantitative estimate of drug-likeness (QED) is 0.118. The third-order valence-corrected chi connectivity index (χ3v) is 10.6. The minimum atomic E-state index is -0.323. The maximum Gasteiger partial charge on any atom is 0.251 e. The van der Waals surface area contributed by atoms with Crippen molar-refractivity contribution in [1.82, 2.24) is 30.3 Å². The summed E-state index contributed by atoms with van der Waals surface area (Å²) in [5, 5.41) is 15.3. The van der Waals surface area contributed by atoms with Crippen LogP contribution in [-0.4, -0.2) is 63.8 Å². The highest BCUT2D eigenvalue weighted by molar-refractivity contribution is 6.00. The van der Waals surface area contributed by atoms with E-state index in [4.69, 9.17) is 9.72 Å². The molecule has 54 heavy (non-hydrogen) atoms. The third kappa shape index (κ3) is 8.48. The Morgan fingerprint density at radius 1 is 0.907 bits per heavy atom. The van der Waals surface area contributed by atoms with E-state index in [2.05, 4.69) is 51.9 Å². The van der Waals surface area contributed by atoms with Crippen LogP contribution in [0.25, 0.3) is 22.2 Å². The molecule has 5 aromatic rings. The van der Waals surface area contributed by atoms with Crippen LogP contribution < -0.4 is 16.0 Å². The van der Waals surface area contributed by atoms with Gasteiger partial charge in [-0.2, -0.15) is 5.10 Å². The van der Waals surface area contributed by atoms with Gasteiger partial charge in [-0.05, 0) is 98.2 Å². The first kappa shape index (κ1) is 37.2. The molecule has 2 aliphatic heterocycles. The maximum atomic E-state index is 15.1. The zero-order valence-electron chi connectivity index (χ0n) is 31.5. The number of hydrogen-bond donors (Lipinski definition) is 3. The minimum Gasteiger partial charge on any atom is -0.381 e. The Hall–Kier alpha value is -5.13. The Labute approximate surface area is 316 Å². The molecule has 2 aromatic heterocycles. The summed E-state index contributed by atoms with van der Waals surface area (Å²) in [6.07, 6.45) is 5.53. The average molecular weight is 732 g/mol. The number of pyridine rings is 1. The van der Waals surface area contributed by atoms with Crippen molar-refractivity contribution in [1.29, 1.82) is 0 Å². The monoisotopic (exact) mass is 731 g/mol. The first-order chi connectivity index (χ1) is 26.3. The first-order valence-corrected chi connectivity index (χ1v) is 19.3. The maximum absolute atomic E-state index is 15.1. The van der Waals surface area contributed by atoms with Crippen LogP contribution in [0.15, 0.2) is 72.9 Å². The van der Waals surface area contributed by atoms with Gasteiger partial charge in [-0.3, -0.25) is 14.5 Å². The van der Waals surface area contributed by atoms with Gasteiger partial charge in [0.1, 0.15) is 5.82 Å². The molecule has 1 atom stereocenters. The number of halogens is 1. The van der Waals surface area contributed by atoms with E-state index in [9.17, 15) is 9.59 Å². The van der Waals surface area contributed by atoms with Gasteiger partial charge in [-0.15, -0.1) is 0 Å². The number of carbonyl (C=O) groups excluding carboxylic acids is 2. The van der Waals surface area contributed by atoms with Gasteiger partial charge in [0.2, 0.25) is 0 Å². The van der Waals surface area contributed by atoms with Gasteiger partial charge in [0, 0.05) is 79.9 Å². The summed E-state index contributed by atoms with van der Waals surface area (Å²) in [5.74, 6) is -0.222. The van der Waals surface area contributed by atoms with Gasteiger partial charge in [0.25, 0.3) is 11.8 Å². The summed E-state index contributed by atoms with van der Waals surface area (Å²) >= 11 is 0. The Morgan fingerprint density at radius 3 is 2.39 bits per heavy atom. The van der Waals surface area contributed by atoms with Crippen molar-refractivity contribution >= 4 is 28.5 Å². The second-order valence-electron chi connectivity index (χ2n) is 14.6. The molecule has 0 unspecified atom stereocenters. The smallest absolute Gasteiger partial charge is 0.251 e. The number of nitrogens with zero attached hydrogens (tertiary/aromatic N) is 4. The topological polar surface area (TPSA) is 113 Å². The summed E-state index contributed by atoms with van der Waals surface area (Å²) < 4.78 is 22.6. The van der Waals surface area contributed by atoms with Crippen molar-refractivity contribution in [3.05, 3.63) is 112 Å². The summed E-state index contributed by atoms with van der Waals surface area (Å²) in [7, 11) is 0. The van der Waals surface area contributed by atoms with Crippen LogP contribution in [0.1, 0.15) is 83.1 Å². The number of hydrogen-bond acceptors (Lipinski definition) is 7. The SMILES string of the molecule is CCc1nc2c(cnn2CC)c(NC2CCOCC2)c1CNC(=O)c1cccc(C(=O)NCc2ccc(F)c(-c3cccc(CN4CC[C@H](C)C4)c3)c2)c1. The molecular formula is C43H50FN7O3. The van der Waals surface area contributed by atoms with E-state index in [0.717, 1.165) is 77.1 Å². The van der Waals surface area contributed by atoms with E-state index in [0.29, 0.717) is 48.8 Å². The van der Waals surface area contributed by atoms with E-state index in [1.165, 1.54) is 12.5 Å². The average Bonchev–Trinajstić information content (AvgIpc) is 3.82. The molecule has 0 spiro atoms. The molecule has 3 aromatic carbocycles. The second kappa shape index (κ2) is 16.9. The molecule has 2 fully saturated rings. The fourth-order valence-electron chi connectivity index (χ4n) is 7.63. The first-order valence-electron chi connectivity index (χ1n) is 19.3. The number of fused-ring (bicyclic) bond motifs is 1. The van der Waals surface area contributed by atoms with Crippen LogP contribution in [0, 0.1) is 11.7 Å². The number of anilines is 1. The molecule has 2 aliphatic rings. The zero-order valence-corrected chi connectivity index (χ0v) is 31.5. The number of rotatable bonds is 13. The van der Waals surface area contributed by atoms with Crippen LogP contribution in [0.4, 0.5) is 10.1 Å². The Bertz CT molecular complexity index is 2130. The van der Waals surface area contributed by atoms with Crippen LogP contribution in [-0.2, 0) is 37.3 Å². The van der Waals surface area contributed by atoms with Crippen LogP contribution in [0.2, 0.25) is 0 Å². The van der Waals surface area contributed by atoms with Crippen LogP contribution in [0.5, 0.6) is 0 Å². The van der Waals surface area contributed by atoms with Crippen molar-refractivity contribution in [2.45, 2.75) is 78.7 Å². The number of benzene rings is 3. The fraction of sp³-hybridized carbons (Fsp3) is 0.395. The number of ether oxygens (including phenoxy) is 1. The number of amides is 2. The van der Waals surface area contributed by atoms with Crippen LogP contribution in [0.3, 0.4) is 0 Å². The molecular weight excluding hydrogens is 682 g/mol. The van der Waals surface area contributed by atoms with Gasteiger partial charge in [0.15, 0.2) is 5.65 Å². The number of aromatic nitrogens is 3. The number of likely N-dealkylation sites (tertiary alicyclic amines) is 1. The minimum absolute atomic E-state index is 0.209. The fourth-order valence-corrected chi connectivity index (χ4v) is 7.63. The molecule has 0 saturated carbocycles. The van der Waals surface area contributed by atoms with Gasteiger partial charge in [-0.25, -0.2) is 14.1 Å². The molecule has 282 valence electrons. The third-order valence-electron chi connectivity index (χ3n) is 10.6. The number of aryl methyl sites for hydroxylation is 2. The highest BCUT2D eigenvalue weighted by Gasteiger charge is 2.23. The van der Waals surface area contributed by atoms with Crippen molar-refractivity contribution < 1.29 is 18.7 Å². The highest BCUT2D eigenvalue weighted by atomic mass is 19.1. The molecule has 7 rings (SSSR count). The lowest BCUT2D eigenvalue weighted by Crippen LogP contribution is -2.30. The van der Waals surface area contributed by atoms with Crippen molar-refractivity contribution in [3.8, 4) is 11.1 Å². The van der Waals surface area contributed by atoms with Gasteiger partial charge in [-0.1, -0.05) is 44.2 Å². The van der Waals surface area contributed by atoms with Gasteiger partial charge in [0.05, 0.1) is 17.3 Å². The zero-order chi connectivity index (χ0) is 37.6. The molecule has 0 radical (unpaired) electrons. The molecule has 4 heterocycles. The molecule has 0 bridgehead atoms. The molecule has 11 heteroatoms. The van der Waals surface area contributed by atoms with E-state index in [1.54, 1.807) is 36.4 Å². The summed E-state index contributed by atoms with van der Waals surface area (Å²) in [6.45, 7) is 12.0. The Morgan fingerprint density at radius 2 is 1.67 bits per heavy atom. The Balaban J connectivity index is 1.02. The van der Waals surface area contributed by atoms with E-state index in [1.807, 2.05) is 29.9 Å². The molecule has 2 saturated heterocycles. The summed E-state index contributed by atoms with van der Waals surface area (Å²) in [6, 6.07) is 19.9. The number of nitrogens with one attached hydrogen (secondary N) is 3. The van der Waals surface area contributed by atoms with Crippen molar-refractivity contribution in [3.63, 3.8) is 0 Å². The van der Waals surface area contributed by atoms with Gasteiger partial charge < -0.3 is 20.7 Å². The Kier molecular flexibility index (Phi) is 11.6. The van der Waals surface area contributed by atoms with Crippen molar-refractivity contribution in [2.75, 3.05) is 31.6 Å². The normalized spacial score (nSPS) is 16.5. The predicted molar refractivity (Wildman–Crippen MR) is 210 cm³/mol. The van der Waals surface area contributed by atoms with Crippen LogP contribution >= 0.6 is 0 Å². The lowest BCUT2D eigenvalue weighted by molar-refractivity contribution is 0.0904.